The topological polar surface area (TPSA) is 51.2 Å². The molecule has 1 rings (SSSR count). The normalized spacial score (nSPS) is 26.8. The van der Waals surface area contributed by atoms with E-state index in [2.05, 4.69) is 6.92 Å². The van der Waals surface area contributed by atoms with Crippen LogP contribution in [0.1, 0.15) is 39.0 Å². The van der Waals surface area contributed by atoms with E-state index < -0.39 is 9.84 Å². The SMILES string of the molecule is CCC1CCC(C(=O)CCS(C)(=O)=O)C1. The van der Waals surface area contributed by atoms with Gasteiger partial charge in [0.25, 0.3) is 0 Å². The van der Waals surface area contributed by atoms with Gasteiger partial charge in [-0.2, -0.15) is 0 Å². The van der Waals surface area contributed by atoms with Gasteiger partial charge in [-0.3, -0.25) is 4.79 Å². The summed E-state index contributed by atoms with van der Waals surface area (Å²) in [4.78, 5) is 11.7. The summed E-state index contributed by atoms with van der Waals surface area (Å²) in [5.74, 6) is 0.976. The van der Waals surface area contributed by atoms with E-state index in [-0.39, 0.29) is 23.9 Å². The van der Waals surface area contributed by atoms with Crippen molar-refractivity contribution in [2.45, 2.75) is 39.0 Å². The van der Waals surface area contributed by atoms with E-state index in [1.54, 1.807) is 0 Å². The first kappa shape index (κ1) is 12.7. The van der Waals surface area contributed by atoms with Crippen LogP contribution in [0.3, 0.4) is 0 Å². The monoisotopic (exact) mass is 232 g/mol. The summed E-state index contributed by atoms with van der Waals surface area (Å²) in [6, 6.07) is 0. The van der Waals surface area contributed by atoms with Crippen molar-refractivity contribution in [3.63, 3.8) is 0 Å². The van der Waals surface area contributed by atoms with Gasteiger partial charge in [0.2, 0.25) is 0 Å². The van der Waals surface area contributed by atoms with Gasteiger partial charge in [-0.15, -0.1) is 0 Å². The van der Waals surface area contributed by atoms with Gasteiger partial charge in [-0.05, 0) is 25.2 Å². The molecular weight excluding hydrogens is 212 g/mol. The lowest BCUT2D eigenvalue weighted by molar-refractivity contribution is -0.122. The van der Waals surface area contributed by atoms with Crippen LogP contribution in [0.25, 0.3) is 0 Å². The van der Waals surface area contributed by atoms with Crippen molar-refractivity contribution >= 4 is 15.6 Å². The van der Waals surface area contributed by atoms with Crippen molar-refractivity contribution in [2.24, 2.45) is 11.8 Å². The number of rotatable bonds is 5. The standard InChI is InChI=1S/C11H20O3S/c1-3-9-4-5-10(8-9)11(12)6-7-15(2,13)14/h9-10H,3-8H2,1-2H3. The average molecular weight is 232 g/mol. The second-order valence-corrected chi connectivity index (χ2v) is 6.89. The van der Waals surface area contributed by atoms with Gasteiger partial charge in [-0.1, -0.05) is 13.3 Å². The quantitative estimate of drug-likeness (QED) is 0.726. The molecule has 0 heterocycles. The van der Waals surface area contributed by atoms with E-state index in [0.717, 1.165) is 25.7 Å². The minimum absolute atomic E-state index is 0.0130. The van der Waals surface area contributed by atoms with Gasteiger partial charge in [0.1, 0.15) is 15.6 Å². The Balaban J connectivity index is 2.36. The third-order valence-electron chi connectivity index (χ3n) is 3.29. The Bertz CT molecular complexity index is 319. The number of hydrogen-bond acceptors (Lipinski definition) is 3. The molecule has 15 heavy (non-hydrogen) atoms. The second kappa shape index (κ2) is 5.10. The minimum atomic E-state index is -2.99. The van der Waals surface area contributed by atoms with Gasteiger partial charge in [-0.25, -0.2) is 8.42 Å². The van der Waals surface area contributed by atoms with Gasteiger partial charge in [0.15, 0.2) is 0 Å². The van der Waals surface area contributed by atoms with E-state index in [0.29, 0.717) is 5.92 Å². The average Bonchev–Trinajstić information content (AvgIpc) is 2.61. The summed E-state index contributed by atoms with van der Waals surface area (Å²) in [6.45, 7) is 2.15. The zero-order valence-electron chi connectivity index (χ0n) is 9.53. The minimum Gasteiger partial charge on any atom is -0.299 e. The van der Waals surface area contributed by atoms with Crippen LogP contribution in [-0.2, 0) is 14.6 Å². The molecule has 1 saturated carbocycles. The van der Waals surface area contributed by atoms with Crippen LogP contribution >= 0.6 is 0 Å². The number of Topliss-reactive ketones (excluding diaryl/α,β-unsaturated/α-hetero) is 1. The molecule has 0 aromatic heterocycles. The highest BCUT2D eigenvalue weighted by molar-refractivity contribution is 7.90. The van der Waals surface area contributed by atoms with Gasteiger partial charge < -0.3 is 0 Å². The molecule has 1 fully saturated rings. The third kappa shape index (κ3) is 4.33. The molecule has 2 atom stereocenters. The van der Waals surface area contributed by atoms with Crippen LogP contribution in [0.4, 0.5) is 0 Å². The molecule has 0 saturated heterocycles. The molecule has 0 aliphatic heterocycles. The van der Waals surface area contributed by atoms with Gasteiger partial charge in [0.05, 0.1) is 5.75 Å². The summed E-state index contributed by atoms with van der Waals surface area (Å²) >= 11 is 0. The molecule has 0 radical (unpaired) electrons. The Labute approximate surface area is 92.2 Å². The second-order valence-electron chi connectivity index (χ2n) is 4.63. The number of carbonyl (C=O) groups is 1. The van der Waals surface area contributed by atoms with E-state index >= 15 is 0 Å². The highest BCUT2D eigenvalue weighted by Crippen LogP contribution is 2.33. The predicted octanol–water partition coefficient (Wildman–Crippen LogP) is 1.82. The fourth-order valence-corrected chi connectivity index (χ4v) is 2.80. The van der Waals surface area contributed by atoms with Crippen LogP contribution in [0, 0.1) is 11.8 Å². The summed E-state index contributed by atoms with van der Waals surface area (Å²) in [5, 5.41) is 0. The summed E-state index contributed by atoms with van der Waals surface area (Å²) in [7, 11) is -2.99. The van der Waals surface area contributed by atoms with Crippen molar-refractivity contribution in [1.29, 1.82) is 0 Å². The van der Waals surface area contributed by atoms with Crippen molar-refractivity contribution < 1.29 is 13.2 Å². The molecule has 3 nitrogen and oxygen atoms in total. The van der Waals surface area contributed by atoms with Gasteiger partial charge in [0, 0.05) is 18.6 Å². The van der Waals surface area contributed by atoms with E-state index in [1.165, 1.54) is 6.26 Å². The van der Waals surface area contributed by atoms with Crippen molar-refractivity contribution in [3.8, 4) is 0 Å². The first-order chi connectivity index (χ1) is 6.92. The van der Waals surface area contributed by atoms with Crippen molar-refractivity contribution in [3.05, 3.63) is 0 Å². The molecule has 0 amide bonds. The van der Waals surface area contributed by atoms with E-state index in [1.807, 2.05) is 0 Å². The van der Waals surface area contributed by atoms with Crippen LogP contribution in [0.2, 0.25) is 0 Å². The molecule has 88 valence electrons. The number of ketones is 1. The smallest absolute Gasteiger partial charge is 0.147 e. The fourth-order valence-electron chi connectivity index (χ4n) is 2.23. The first-order valence-corrected chi connectivity index (χ1v) is 7.69. The lowest BCUT2D eigenvalue weighted by Crippen LogP contribution is -2.16. The molecule has 2 unspecified atom stereocenters. The lowest BCUT2D eigenvalue weighted by atomic mass is 9.98. The Morgan fingerprint density at radius 1 is 1.33 bits per heavy atom. The number of carbonyl (C=O) groups excluding carboxylic acids is 1. The molecular formula is C11H20O3S. The van der Waals surface area contributed by atoms with Gasteiger partial charge >= 0.3 is 0 Å². The highest BCUT2D eigenvalue weighted by atomic mass is 32.2. The summed E-state index contributed by atoms with van der Waals surface area (Å²) < 4.78 is 21.8. The zero-order valence-corrected chi connectivity index (χ0v) is 10.3. The predicted molar refractivity (Wildman–Crippen MR) is 60.5 cm³/mol. The zero-order chi connectivity index (χ0) is 11.5. The molecule has 0 bridgehead atoms. The number of hydrogen-bond donors (Lipinski definition) is 0. The lowest BCUT2D eigenvalue weighted by Gasteiger charge is -2.08. The molecule has 1 aliphatic rings. The Morgan fingerprint density at radius 3 is 2.47 bits per heavy atom. The third-order valence-corrected chi connectivity index (χ3v) is 4.24. The van der Waals surface area contributed by atoms with Crippen LogP contribution in [0.5, 0.6) is 0 Å². The molecule has 0 N–H and O–H groups in total. The maximum Gasteiger partial charge on any atom is 0.147 e. The first-order valence-electron chi connectivity index (χ1n) is 5.62. The fraction of sp³-hybridized carbons (Fsp3) is 0.909. The summed E-state index contributed by atoms with van der Waals surface area (Å²) in [5.41, 5.74) is 0. The van der Waals surface area contributed by atoms with Crippen LogP contribution in [-0.4, -0.2) is 26.2 Å². The van der Waals surface area contributed by atoms with Crippen molar-refractivity contribution in [2.75, 3.05) is 12.0 Å². The maximum absolute atomic E-state index is 11.7. The van der Waals surface area contributed by atoms with E-state index in [4.69, 9.17) is 0 Å². The van der Waals surface area contributed by atoms with Crippen LogP contribution in [0.15, 0.2) is 0 Å². The highest BCUT2D eigenvalue weighted by Gasteiger charge is 2.28. The number of sulfone groups is 1. The molecule has 0 spiro atoms. The molecule has 1 aliphatic carbocycles. The molecule has 4 heteroatoms. The van der Waals surface area contributed by atoms with Crippen LogP contribution < -0.4 is 0 Å². The Kier molecular flexibility index (Phi) is 4.32. The summed E-state index contributed by atoms with van der Waals surface area (Å²) in [6.07, 6.45) is 5.59. The largest absolute Gasteiger partial charge is 0.299 e. The maximum atomic E-state index is 11.7. The molecule has 0 aromatic rings. The van der Waals surface area contributed by atoms with E-state index in [9.17, 15) is 13.2 Å². The van der Waals surface area contributed by atoms with Crippen molar-refractivity contribution in [1.82, 2.24) is 0 Å². The molecule has 0 aromatic carbocycles. The Morgan fingerprint density at radius 2 is 2.00 bits per heavy atom. The Hall–Kier alpha value is -0.380.